The van der Waals surface area contributed by atoms with Crippen LogP contribution in [0.25, 0.3) is 0 Å². The topological polar surface area (TPSA) is 117 Å². The van der Waals surface area contributed by atoms with Crippen LogP contribution in [0.15, 0.2) is 42.4 Å². The van der Waals surface area contributed by atoms with E-state index in [1.54, 1.807) is 12.3 Å². The van der Waals surface area contributed by atoms with Crippen molar-refractivity contribution < 1.29 is 14.3 Å². The molecule has 0 bridgehead atoms. The van der Waals surface area contributed by atoms with E-state index in [-0.39, 0.29) is 35.3 Å². The standard InChI is InChI=1S/C23H23N5O3/c1-2-17-8-15(12-31-17)11-25-22(29)20-9-21(27-13-26-20)23(30)28-19-6-4-16-7-14(10-24)3-5-18(16)19/h3,5,7,9,12-13,17,19H,2,4,6,8,11H2,1H3,(H,25,29)(H,28,30)/t17?,19-/m0/s1. The third-order valence-corrected chi connectivity index (χ3v) is 5.64. The lowest BCUT2D eigenvalue weighted by Crippen LogP contribution is -2.30. The van der Waals surface area contributed by atoms with E-state index in [0.29, 0.717) is 12.1 Å². The summed E-state index contributed by atoms with van der Waals surface area (Å²) in [6, 6.07) is 8.88. The van der Waals surface area contributed by atoms with Gasteiger partial charge in [-0.3, -0.25) is 9.59 Å². The molecule has 0 spiro atoms. The van der Waals surface area contributed by atoms with Gasteiger partial charge in [0.2, 0.25) is 0 Å². The summed E-state index contributed by atoms with van der Waals surface area (Å²) in [5.41, 5.74) is 3.99. The molecule has 0 saturated carbocycles. The third-order valence-electron chi connectivity index (χ3n) is 5.64. The summed E-state index contributed by atoms with van der Waals surface area (Å²) in [6.45, 7) is 2.44. The van der Waals surface area contributed by atoms with Crippen molar-refractivity contribution in [2.24, 2.45) is 0 Å². The summed E-state index contributed by atoms with van der Waals surface area (Å²) in [7, 11) is 0. The van der Waals surface area contributed by atoms with E-state index in [0.717, 1.165) is 42.4 Å². The number of carbonyl (C=O) groups is 2. The molecule has 4 rings (SSSR count). The Morgan fingerprint density at radius 1 is 1.23 bits per heavy atom. The monoisotopic (exact) mass is 417 g/mol. The van der Waals surface area contributed by atoms with Crippen molar-refractivity contribution in [1.29, 1.82) is 5.26 Å². The lowest BCUT2D eigenvalue weighted by atomic mass is 10.1. The van der Waals surface area contributed by atoms with E-state index >= 15 is 0 Å². The molecular weight excluding hydrogens is 394 g/mol. The Kier molecular flexibility index (Phi) is 5.94. The van der Waals surface area contributed by atoms with Gasteiger partial charge in [0.25, 0.3) is 11.8 Å². The van der Waals surface area contributed by atoms with E-state index in [1.165, 1.54) is 12.4 Å². The van der Waals surface area contributed by atoms with Crippen LogP contribution in [0, 0.1) is 11.3 Å². The maximum atomic E-state index is 12.7. The summed E-state index contributed by atoms with van der Waals surface area (Å²) < 4.78 is 5.50. The van der Waals surface area contributed by atoms with E-state index in [1.807, 2.05) is 12.1 Å². The van der Waals surface area contributed by atoms with Crippen LogP contribution in [0.3, 0.4) is 0 Å². The fraction of sp³-hybridized carbons (Fsp3) is 0.348. The van der Waals surface area contributed by atoms with Gasteiger partial charge in [-0.2, -0.15) is 5.26 Å². The van der Waals surface area contributed by atoms with Gasteiger partial charge in [-0.15, -0.1) is 0 Å². The lowest BCUT2D eigenvalue weighted by Gasteiger charge is -2.14. The van der Waals surface area contributed by atoms with Gasteiger partial charge in [0.1, 0.15) is 23.8 Å². The molecule has 2 N–H and O–H groups in total. The highest BCUT2D eigenvalue weighted by Crippen LogP contribution is 2.31. The first kappa shape index (κ1) is 20.5. The van der Waals surface area contributed by atoms with Crippen LogP contribution >= 0.6 is 0 Å². The quantitative estimate of drug-likeness (QED) is 0.746. The van der Waals surface area contributed by atoms with E-state index in [9.17, 15) is 9.59 Å². The molecular formula is C23H23N5O3. The van der Waals surface area contributed by atoms with Gasteiger partial charge in [-0.05, 0) is 48.1 Å². The molecule has 0 radical (unpaired) electrons. The normalized spacial score (nSPS) is 19.0. The van der Waals surface area contributed by atoms with E-state index < -0.39 is 0 Å². The third kappa shape index (κ3) is 4.56. The molecule has 0 fully saturated rings. The average molecular weight is 417 g/mol. The summed E-state index contributed by atoms with van der Waals surface area (Å²) in [5.74, 6) is -0.733. The van der Waals surface area contributed by atoms with Gasteiger partial charge in [-0.25, -0.2) is 9.97 Å². The van der Waals surface area contributed by atoms with Crippen LogP contribution < -0.4 is 10.6 Å². The Balaban J connectivity index is 1.38. The Bertz CT molecular complexity index is 1090. The van der Waals surface area contributed by atoms with Crippen LogP contribution in [0.5, 0.6) is 0 Å². The molecule has 31 heavy (non-hydrogen) atoms. The van der Waals surface area contributed by atoms with Crippen molar-refractivity contribution in [2.45, 2.75) is 44.8 Å². The number of hydrogen-bond acceptors (Lipinski definition) is 6. The summed E-state index contributed by atoms with van der Waals surface area (Å²) in [6.07, 6.45) is 6.36. The van der Waals surface area contributed by atoms with Gasteiger partial charge in [0.05, 0.1) is 23.9 Å². The molecule has 158 valence electrons. The number of fused-ring (bicyclic) bond motifs is 1. The van der Waals surface area contributed by atoms with Crippen LogP contribution in [0.1, 0.15) is 69.9 Å². The maximum Gasteiger partial charge on any atom is 0.270 e. The second-order valence-corrected chi connectivity index (χ2v) is 7.71. The number of aryl methyl sites for hydroxylation is 1. The summed E-state index contributed by atoms with van der Waals surface area (Å²) in [4.78, 5) is 33.2. The molecule has 2 aliphatic rings. The molecule has 2 amide bonds. The Hall–Kier alpha value is -3.73. The predicted molar refractivity (Wildman–Crippen MR) is 112 cm³/mol. The number of carbonyl (C=O) groups excluding carboxylic acids is 2. The Morgan fingerprint density at radius 3 is 2.77 bits per heavy atom. The number of rotatable bonds is 6. The van der Waals surface area contributed by atoms with Crippen LogP contribution in [-0.4, -0.2) is 34.4 Å². The number of nitrogens with zero attached hydrogens (tertiary/aromatic N) is 3. The summed E-state index contributed by atoms with van der Waals surface area (Å²) in [5, 5.41) is 14.8. The molecule has 8 nitrogen and oxygen atoms in total. The number of hydrogen-bond donors (Lipinski definition) is 2. The minimum absolute atomic E-state index is 0.136. The minimum atomic E-state index is -0.368. The number of benzene rings is 1. The van der Waals surface area contributed by atoms with Crippen molar-refractivity contribution in [3.8, 4) is 6.07 Å². The molecule has 1 aliphatic heterocycles. The number of nitrogens with one attached hydrogen (secondary N) is 2. The molecule has 2 heterocycles. The first-order valence-corrected chi connectivity index (χ1v) is 10.3. The number of amides is 2. The number of aromatic nitrogens is 2. The molecule has 1 aliphatic carbocycles. The van der Waals surface area contributed by atoms with Gasteiger partial charge < -0.3 is 15.4 Å². The molecule has 2 aromatic rings. The van der Waals surface area contributed by atoms with E-state index in [4.69, 9.17) is 10.00 Å². The maximum absolute atomic E-state index is 12.7. The first-order valence-electron chi connectivity index (χ1n) is 10.3. The highest BCUT2D eigenvalue weighted by atomic mass is 16.5. The molecule has 0 saturated heterocycles. The number of nitriles is 1. The van der Waals surface area contributed by atoms with Gasteiger partial charge in [0, 0.05) is 19.0 Å². The molecule has 1 aromatic heterocycles. The molecule has 8 heteroatoms. The zero-order valence-corrected chi connectivity index (χ0v) is 17.2. The lowest BCUT2D eigenvalue weighted by molar-refractivity contribution is 0.0931. The van der Waals surface area contributed by atoms with Crippen molar-refractivity contribution in [3.63, 3.8) is 0 Å². The van der Waals surface area contributed by atoms with Crippen molar-refractivity contribution in [2.75, 3.05) is 6.54 Å². The van der Waals surface area contributed by atoms with Crippen LogP contribution in [0.2, 0.25) is 0 Å². The van der Waals surface area contributed by atoms with E-state index in [2.05, 4.69) is 33.6 Å². The molecule has 1 aromatic carbocycles. The van der Waals surface area contributed by atoms with Crippen LogP contribution in [-0.2, 0) is 11.2 Å². The fourth-order valence-electron chi connectivity index (χ4n) is 3.89. The van der Waals surface area contributed by atoms with Crippen LogP contribution in [0.4, 0.5) is 0 Å². The van der Waals surface area contributed by atoms with Gasteiger partial charge in [0.15, 0.2) is 0 Å². The molecule has 2 atom stereocenters. The summed E-state index contributed by atoms with van der Waals surface area (Å²) >= 11 is 0. The Labute approximate surface area is 180 Å². The molecule has 1 unspecified atom stereocenters. The average Bonchev–Trinajstić information content (AvgIpc) is 3.44. The predicted octanol–water partition coefficient (Wildman–Crippen LogP) is 2.58. The highest BCUT2D eigenvalue weighted by molar-refractivity contribution is 5.97. The van der Waals surface area contributed by atoms with Gasteiger partial charge in [-0.1, -0.05) is 13.0 Å². The van der Waals surface area contributed by atoms with Crippen molar-refractivity contribution in [1.82, 2.24) is 20.6 Å². The van der Waals surface area contributed by atoms with Gasteiger partial charge >= 0.3 is 0 Å². The van der Waals surface area contributed by atoms with Crippen molar-refractivity contribution >= 4 is 11.8 Å². The fourth-order valence-corrected chi connectivity index (χ4v) is 3.89. The minimum Gasteiger partial charge on any atom is -0.498 e. The number of ether oxygens (including phenoxy) is 1. The zero-order valence-electron chi connectivity index (χ0n) is 17.2. The zero-order chi connectivity index (χ0) is 21.8. The SMILES string of the molecule is CCC1CC(CNC(=O)c2cc(C(=O)N[C@H]3CCc4cc(C#N)ccc43)ncn2)=CO1. The smallest absolute Gasteiger partial charge is 0.270 e. The second kappa shape index (κ2) is 8.96. The highest BCUT2D eigenvalue weighted by Gasteiger charge is 2.25. The largest absolute Gasteiger partial charge is 0.498 e. The Morgan fingerprint density at radius 2 is 2.03 bits per heavy atom. The van der Waals surface area contributed by atoms with Crippen molar-refractivity contribution in [3.05, 3.63) is 70.5 Å². The second-order valence-electron chi connectivity index (χ2n) is 7.71. The first-order chi connectivity index (χ1) is 15.1.